The summed E-state index contributed by atoms with van der Waals surface area (Å²) in [6, 6.07) is 15.7. The van der Waals surface area contributed by atoms with Crippen molar-refractivity contribution < 1.29 is 0 Å². The Hall–Kier alpha value is -1.82. The van der Waals surface area contributed by atoms with Gasteiger partial charge in [0.15, 0.2) is 0 Å². The van der Waals surface area contributed by atoms with E-state index in [-0.39, 0.29) is 0 Å². The van der Waals surface area contributed by atoms with Crippen LogP contribution in [0.15, 0.2) is 42.5 Å². The first-order valence-electron chi connectivity index (χ1n) is 7.19. The van der Waals surface area contributed by atoms with Gasteiger partial charge >= 0.3 is 0 Å². The van der Waals surface area contributed by atoms with Crippen molar-refractivity contribution in [3.05, 3.63) is 59.2 Å². The van der Waals surface area contributed by atoms with Gasteiger partial charge < -0.3 is 0 Å². The van der Waals surface area contributed by atoms with E-state index in [9.17, 15) is 0 Å². The van der Waals surface area contributed by atoms with Gasteiger partial charge in [-0.15, -0.1) is 0 Å². The van der Waals surface area contributed by atoms with E-state index in [0.717, 1.165) is 12.8 Å². The number of hydrogen-bond acceptors (Lipinski definition) is 0. The molecular weight excluding hydrogens is 228 g/mol. The van der Waals surface area contributed by atoms with Gasteiger partial charge in [-0.3, -0.25) is 0 Å². The molecule has 0 unspecified atom stereocenters. The van der Waals surface area contributed by atoms with Gasteiger partial charge in [0.05, 0.1) is 0 Å². The lowest BCUT2D eigenvalue weighted by Gasteiger charge is -2.16. The van der Waals surface area contributed by atoms with Crippen LogP contribution >= 0.6 is 0 Å². The molecule has 0 aliphatic rings. The fourth-order valence-corrected chi connectivity index (χ4v) is 3.26. The third-order valence-electron chi connectivity index (χ3n) is 4.11. The molecule has 0 atom stereocenters. The van der Waals surface area contributed by atoms with E-state index >= 15 is 0 Å². The van der Waals surface area contributed by atoms with Gasteiger partial charge in [0, 0.05) is 0 Å². The second-order valence-corrected chi connectivity index (χ2v) is 5.26. The summed E-state index contributed by atoms with van der Waals surface area (Å²) < 4.78 is 0. The van der Waals surface area contributed by atoms with Crippen LogP contribution in [0.1, 0.15) is 30.5 Å². The average molecular weight is 248 g/mol. The molecule has 0 saturated carbocycles. The van der Waals surface area contributed by atoms with E-state index in [4.69, 9.17) is 0 Å². The van der Waals surface area contributed by atoms with E-state index in [1.54, 1.807) is 0 Å². The molecule has 0 heterocycles. The zero-order chi connectivity index (χ0) is 13.4. The Bertz CT molecular complexity index is 751. The van der Waals surface area contributed by atoms with E-state index < -0.39 is 0 Å². The maximum absolute atomic E-state index is 2.35. The summed E-state index contributed by atoms with van der Waals surface area (Å²) in [5, 5.41) is 5.66. The standard InChI is InChI=1S/C19H20/c1-4-14-15(5-2)19-12-13(3)10-11-18(19)17-9-7-6-8-16(14)17/h6-12H,4-5H2,1-3H3. The van der Waals surface area contributed by atoms with Crippen molar-refractivity contribution in [3.63, 3.8) is 0 Å². The Labute approximate surface area is 115 Å². The Morgan fingerprint density at radius 3 is 1.95 bits per heavy atom. The summed E-state index contributed by atoms with van der Waals surface area (Å²) in [4.78, 5) is 0. The molecular formula is C19H20. The fourth-order valence-electron chi connectivity index (χ4n) is 3.26. The Morgan fingerprint density at radius 1 is 0.684 bits per heavy atom. The lowest BCUT2D eigenvalue weighted by Crippen LogP contribution is -1.96. The SMILES string of the molecule is CCc1c(CC)c2cc(C)ccc2c2ccccc12. The number of fused-ring (bicyclic) bond motifs is 3. The molecule has 0 N–H and O–H groups in total. The monoisotopic (exact) mass is 248 g/mol. The molecule has 0 aromatic heterocycles. The van der Waals surface area contributed by atoms with Crippen LogP contribution in [0.4, 0.5) is 0 Å². The molecule has 3 rings (SSSR count). The van der Waals surface area contributed by atoms with Crippen molar-refractivity contribution in [1.29, 1.82) is 0 Å². The lowest BCUT2D eigenvalue weighted by atomic mass is 9.88. The van der Waals surface area contributed by atoms with E-state index in [2.05, 4.69) is 63.2 Å². The first kappa shape index (κ1) is 12.2. The molecule has 3 aromatic rings. The number of hydrogen-bond donors (Lipinski definition) is 0. The van der Waals surface area contributed by atoms with Crippen molar-refractivity contribution in [2.75, 3.05) is 0 Å². The topological polar surface area (TPSA) is 0 Å². The Morgan fingerprint density at radius 2 is 1.26 bits per heavy atom. The van der Waals surface area contributed by atoms with Crippen molar-refractivity contribution in [1.82, 2.24) is 0 Å². The van der Waals surface area contributed by atoms with Crippen molar-refractivity contribution in [2.45, 2.75) is 33.6 Å². The van der Waals surface area contributed by atoms with Crippen molar-refractivity contribution in [3.8, 4) is 0 Å². The van der Waals surface area contributed by atoms with Crippen LogP contribution < -0.4 is 0 Å². The van der Waals surface area contributed by atoms with E-state index in [1.165, 1.54) is 38.2 Å². The normalized spacial score (nSPS) is 11.3. The molecule has 0 aliphatic carbocycles. The first-order valence-corrected chi connectivity index (χ1v) is 7.19. The van der Waals surface area contributed by atoms with Crippen LogP contribution in [0, 0.1) is 6.92 Å². The van der Waals surface area contributed by atoms with Gasteiger partial charge in [-0.1, -0.05) is 61.9 Å². The summed E-state index contributed by atoms with van der Waals surface area (Å²) >= 11 is 0. The second-order valence-electron chi connectivity index (χ2n) is 5.26. The van der Waals surface area contributed by atoms with Crippen LogP contribution in [0.3, 0.4) is 0 Å². The van der Waals surface area contributed by atoms with Crippen LogP contribution in [0.25, 0.3) is 21.5 Å². The molecule has 96 valence electrons. The van der Waals surface area contributed by atoms with Gasteiger partial charge in [0.25, 0.3) is 0 Å². The number of aryl methyl sites for hydroxylation is 3. The zero-order valence-electron chi connectivity index (χ0n) is 12.0. The Kier molecular flexibility index (Phi) is 3.02. The highest BCUT2D eigenvalue weighted by Gasteiger charge is 2.11. The molecule has 0 nitrogen and oxygen atoms in total. The molecule has 0 fully saturated rings. The predicted molar refractivity (Wildman–Crippen MR) is 84.9 cm³/mol. The molecule has 0 amide bonds. The fraction of sp³-hybridized carbons (Fsp3) is 0.263. The number of benzene rings is 3. The third kappa shape index (κ3) is 1.83. The highest BCUT2D eigenvalue weighted by atomic mass is 14.2. The summed E-state index contributed by atoms with van der Waals surface area (Å²) in [6.07, 6.45) is 2.21. The van der Waals surface area contributed by atoms with Crippen LogP contribution in [0.5, 0.6) is 0 Å². The summed E-state index contributed by atoms with van der Waals surface area (Å²) in [5.41, 5.74) is 4.40. The number of rotatable bonds is 2. The highest BCUT2D eigenvalue weighted by molar-refractivity contribution is 6.10. The molecule has 0 aliphatic heterocycles. The minimum absolute atomic E-state index is 1.10. The van der Waals surface area contributed by atoms with Crippen LogP contribution in [-0.4, -0.2) is 0 Å². The molecule has 0 heteroatoms. The first-order chi connectivity index (χ1) is 9.26. The van der Waals surface area contributed by atoms with Gasteiger partial charge in [-0.05, 0) is 52.4 Å². The summed E-state index contributed by atoms with van der Waals surface area (Å²) in [7, 11) is 0. The largest absolute Gasteiger partial charge is 0.0616 e. The summed E-state index contributed by atoms with van der Waals surface area (Å²) in [5.74, 6) is 0. The van der Waals surface area contributed by atoms with E-state index in [0.29, 0.717) is 0 Å². The van der Waals surface area contributed by atoms with Crippen molar-refractivity contribution in [2.24, 2.45) is 0 Å². The molecule has 3 aromatic carbocycles. The summed E-state index contributed by atoms with van der Waals surface area (Å²) in [6.45, 7) is 6.72. The van der Waals surface area contributed by atoms with Gasteiger partial charge in [-0.25, -0.2) is 0 Å². The molecule has 0 bridgehead atoms. The second kappa shape index (κ2) is 4.70. The van der Waals surface area contributed by atoms with Crippen molar-refractivity contribution >= 4 is 21.5 Å². The van der Waals surface area contributed by atoms with Gasteiger partial charge in [-0.2, -0.15) is 0 Å². The lowest BCUT2D eigenvalue weighted by molar-refractivity contribution is 1.06. The van der Waals surface area contributed by atoms with Crippen LogP contribution in [-0.2, 0) is 12.8 Å². The molecule has 0 spiro atoms. The minimum Gasteiger partial charge on any atom is -0.0616 e. The third-order valence-corrected chi connectivity index (χ3v) is 4.11. The average Bonchev–Trinajstić information content (AvgIpc) is 2.45. The molecule has 19 heavy (non-hydrogen) atoms. The maximum atomic E-state index is 2.35. The molecule has 0 saturated heterocycles. The van der Waals surface area contributed by atoms with E-state index in [1.807, 2.05) is 0 Å². The quantitative estimate of drug-likeness (QED) is 0.531. The predicted octanol–water partition coefficient (Wildman–Crippen LogP) is 5.43. The minimum atomic E-state index is 1.10. The van der Waals surface area contributed by atoms with Gasteiger partial charge in [0.1, 0.15) is 0 Å². The maximum Gasteiger partial charge on any atom is -0.0102 e. The molecule has 0 radical (unpaired) electrons. The smallest absolute Gasteiger partial charge is 0.0102 e. The Balaban J connectivity index is 2.60. The van der Waals surface area contributed by atoms with Gasteiger partial charge in [0.2, 0.25) is 0 Å². The highest BCUT2D eigenvalue weighted by Crippen LogP contribution is 2.34. The zero-order valence-corrected chi connectivity index (χ0v) is 12.0. The van der Waals surface area contributed by atoms with Crippen LogP contribution in [0.2, 0.25) is 0 Å².